The number of tetrazole rings is 1. The van der Waals surface area contributed by atoms with Crippen molar-refractivity contribution in [1.82, 2.24) is 20.2 Å². The molecule has 6 rings (SSSR count). The van der Waals surface area contributed by atoms with Crippen LogP contribution in [0.3, 0.4) is 0 Å². The second-order valence-electron chi connectivity index (χ2n) is 10.6. The molecule has 8 nitrogen and oxygen atoms in total. The van der Waals surface area contributed by atoms with Crippen LogP contribution < -0.4 is 4.74 Å². The third kappa shape index (κ3) is 3.98. The van der Waals surface area contributed by atoms with E-state index in [0.29, 0.717) is 11.8 Å². The van der Waals surface area contributed by atoms with Gasteiger partial charge in [-0.2, -0.15) is 0 Å². The van der Waals surface area contributed by atoms with Crippen molar-refractivity contribution in [2.75, 3.05) is 13.2 Å². The maximum absolute atomic E-state index is 16.2. The summed E-state index contributed by atoms with van der Waals surface area (Å²) in [6.07, 6.45) is 1.23. The minimum Gasteiger partial charge on any atom is -0.491 e. The fourth-order valence-corrected chi connectivity index (χ4v) is 5.72. The molecule has 1 unspecified atom stereocenters. The van der Waals surface area contributed by atoms with E-state index in [0.717, 1.165) is 28.7 Å². The first-order valence-electron chi connectivity index (χ1n) is 11.7. The van der Waals surface area contributed by atoms with Gasteiger partial charge in [0.25, 0.3) is 5.92 Å². The zero-order chi connectivity index (χ0) is 26.7. The standard InChI is InChI=1S/C25H26F4N4O4/c1-21(35,13-34)14-37-18-5-2-16(3-6-18)22-9-23(10-22,11-22)25(28,29)24(36,12-33-15-30-31-32-33)19-7-4-17(26)8-20(19)27/h2-8,15,34-36H,9-14H2,1H3/t21?,22?,23?,24-/m1/s1. The lowest BCUT2D eigenvalue weighted by molar-refractivity contribution is -0.347. The monoisotopic (exact) mass is 522 g/mol. The molecule has 3 saturated carbocycles. The molecule has 1 heterocycles. The van der Waals surface area contributed by atoms with Crippen molar-refractivity contribution in [1.29, 1.82) is 0 Å². The normalized spacial score (nSPS) is 25.9. The molecule has 2 bridgehead atoms. The molecule has 1 aromatic heterocycles. The Morgan fingerprint density at radius 2 is 1.73 bits per heavy atom. The number of hydrogen-bond donors (Lipinski definition) is 3. The third-order valence-corrected chi connectivity index (χ3v) is 7.73. The molecule has 0 spiro atoms. The SMILES string of the molecule is CC(O)(CO)COc1ccc(C23CC(C(F)(F)[C@@](O)(Cn4cnnn4)c4ccc(F)cc4F)(C2)C3)cc1. The highest BCUT2D eigenvalue weighted by Gasteiger charge is 2.82. The fourth-order valence-electron chi connectivity index (χ4n) is 5.72. The maximum Gasteiger partial charge on any atom is 0.287 e. The predicted octanol–water partition coefficient (Wildman–Crippen LogP) is 2.72. The topological polar surface area (TPSA) is 114 Å². The Kier molecular flexibility index (Phi) is 5.85. The summed E-state index contributed by atoms with van der Waals surface area (Å²) >= 11 is 0. The number of halogens is 4. The van der Waals surface area contributed by atoms with E-state index in [1.54, 1.807) is 24.3 Å². The summed E-state index contributed by atoms with van der Waals surface area (Å²) in [7, 11) is 0. The van der Waals surface area contributed by atoms with E-state index in [2.05, 4.69) is 15.5 Å². The molecule has 0 amide bonds. The Morgan fingerprint density at radius 1 is 1.05 bits per heavy atom. The molecule has 3 aliphatic rings. The maximum atomic E-state index is 16.2. The summed E-state index contributed by atoms with van der Waals surface area (Å²) in [6, 6.07) is 8.96. The van der Waals surface area contributed by atoms with Crippen molar-refractivity contribution in [2.45, 2.75) is 55.3 Å². The second kappa shape index (κ2) is 8.47. The highest BCUT2D eigenvalue weighted by atomic mass is 19.3. The molecule has 2 aromatic carbocycles. The van der Waals surface area contributed by atoms with E-state index in [1.165, 1.54) is 6.92 Å². The highest BCUT2D eigenvalue weighted by molar-refractivity contribution is 5.44. The fraction of sp³-hybridized carbons (Fsp3) is 0.480. The van der Waals surface area contributed by atoms with Crippen LogP contribution in [0.25, 0.3) is 0 Å². The number of nitrogens with zero attached hydrogens (tertiary/aromatic N) is 4. The van der Waals surface area contributed by atoms with Gasteiger partial charge in [-0.15, -0.1) is 5.10 Å². The molecule has 3 fully saturated rings. The number of ether oxygens (including phenoxy) is 1. The Hall–Kier alpha value is -3.09. The van der Waals surface area contributed by atoms with Gasteiger partial charge < -0.3 is 20.1 Å². The van der Waals surface area contributed by atoms with Crippen LogP contribution in [-0.4, -0.2) is 60.3 Å². The van der Waals surface area contributed by atoms with Crippen molar-refractivity contribution < 1.29 is 37.6 Å². The minimum atomic E-state index is -3.80. The zero-order valence-corrected chi connectivity index (χ0v) is 19.9. The molecular formula is C25H26F4N4O4. The van der Waals surface area contributed by atoms with Gasteiger partial charge >= 0.3 is 0 Å². The molecule has 0 radical (unpaired) electrons. The molecular weight excluding hydrogens is 496 g/mol. The van der Waals surface area contributed by atoms with Crippen LogP contribution in [0.4, 0.5) is 17.6 Å². The van der Waals surface area contributed by atoms with E-state index < -0.39 is 58.3 Å². The number of rotatable bonds is 10. The average Bonchev–Trinajstić information content (AvgIpc) is 3.29. The van der Waals surface area contributed by atoms with Crippen molar-refractivity contribution in [3.05, 3.63) is 71.6 Å². The lowest BCUT2D eigenvalue weighted by Crippen LogP contribution is -2.76. The lowest BCUT2D eigenvalue weighted by atomic mass is 9.30. The number of hydrogen-bond acceptors (Lipinski definition) is 7. The predicted molar refractivity (Wildman–Crippen MR) is 121 cm³/mol. The molecule has 3 N–H and O–H groups in total. The van der Waals surface area contributed by atoms with Crippen LogP contribution in [0.15, 0.2) is 48.8 Å². The van der Waals surface area contributed by atoms with Crippen molar-refractivity contribution in [3.8, 4) is 5.75 Å². The largest absolute Gasteiger partial charge is 0.491 e. The van der Waals surface area contributed by atoms with E-state index in [4.69, 9.17) is 9.84 Å². The van der Waals surface area contributed by atoms with Crippen LogP contribution in [0.2, 0.25) is 0 Å². The van der Waals surface area contributed by atoms with Gasteiger partial charge in [0.05, 0.1) is 13.2 Å². The van der Waals surface area contributed by atoms with Crippen molar-refractivity contribution in [3.63, 3.8) is 0 Å². The third-order valence-electron chi connectivity index (χ3n) is 7.73. The van der Waals surface area contributed by atoms with Gasteiger partial charge in [0, 0.05) is 17.0 Å². The summed E-state index contributed by atoms with van der Waals surface area (Å²) in [5, 5.41) is 40.8. The average molecular weight is 522 g/mol. The molecule has 0 aliphatic heterocycles. The number of alkyl halides is 2. The van der Waals surface area contributed by atoms with Crippen LogP contribution in [0.5, 0.6) is 5.75 Å². The first-order chi connectivity index (χ1) is 17.4. The number of aliphatic hydroxyl groups excluding tert-OH is 1. The van der Waals surface area contributed by atoms with Gasteiger partial charge in [-0.25, -0.2) is 22.2 Å². The van der Waals surface area contributed by atoms with Crippen LogP contribution in [0.1, 0.15) is 37.3 Å². The first kappa shape index (κ1) is 25.6. The molecule has 3 aliphatic carbocycles. The van der Waals surface area contributed by atoms with Gasteiger partial charge in [-0.1, -0.05) is 12.1 Å². The van der Waals surface area contributed by atoms with Crippen LogP contribution in [-0.2, 0) is 17.6 Å². The summed E-state index contributed by atoms with van der Waals surface area (Å²) in [5.41, 5.74) is -6.44. The second-order valence-corrected chi connectivity index (χ2v) is 10.6. The number of benzene rings is 2. The Balaban J connectivity index is 1.37. The van der Waals surface area contributed by atoms with Gasteiger partial charge in [0.2, 0.25) is 0 Å². The Morgan fingerprint density at radius 3 is 2.30 bits per heavy atom. The van der Waals surface area contributed by atoms with Crippen molar-refractivity contribution in [2.24, 2.45) is 5.41 Å². The first-order valence-corrected chi connectivity index (χ1v) is 11.7. The van der Waals surface area contributed by atoms with E-state index >= 15 is 8.78 Å². The zero-order valence-electron chi connectivity index (χ0n) is 19.9. The number of aliphatic hydroxyl groups is 3. The highest BCUT2D eigenvalue weighted by Crippen LogP contribution is 2.80. The van der Waals surface area contributed by atoms with Crippen LogP contribution >= 0.6 is 0 Å². The molecule has 3 aromatic rings. The van der Waals surface area contributed by atoms with E-state index in [-0.39, 0.29) is 25.9 Å². The summed E-state index contributed by atoms with van der Waals surface area (Å²) in [5.74, 6) is -5.59. The van der Waals surface area contributed by atoms with Crippen molar-refractivity contribution >= 4 is 0 Å². The van der Waals surface area contributed by atoms with Gasteiger partial charge in [-0.05, 0) is 71.9 Å². The molecule has 12 heteroatoms. The van der Waals surface area contributed by atoms with Gasteiger partial charge in [-0.3, -0.25) is 0 Å². The molecule has 37 heavy (non-hydrogen) atoms. The Bertz CT molecular complexity index is 1270. The quantitative estimate of drug-likeness (QED) is 0.351. The summed E-state index contributed by atoms with van der Waals surface area (Å²) in [4.78, 5) is 0. The number of aromatic nitrogens is 4. The molecule has 2 atom stereocenters. The van der Waals surface area contributed by atoms with E-state index in [9.17, 15) is 19.0 Å². The minimum absolute atomic E-state index is 0.0627. The van der Waals surface area contributed by atoms with Gasteiger partial charge in [0.1, 0.15) is 35.9 Å². The summed E-state index contributed by atoms with van der Waals surface area (Å²) < 4.78 is 67.1. The molecule has 0 saturated heterocycles. The molecule has 198 valence electrons. The smallest absolute Gasteiger partial charge is 0.287 e. The van der Waals surface area contributed by atoms with E-state index in [1.807, 2.05) is 0 Å². The summed E-state index contributed by atoms with van der Waals surface area (Å²) in [6.45, 7) is 0.0182. The Labute approximate surface area is 209 Å². The lowest BCUT2D eigenvalue weighted by Gasteiger charge is -2.74. The van der Waals surface area contributed by atoms with Crippen LogP contribution in [0, 0.1) is 17.0 Å². The van der Waals surface area contributed by atoms with Gasteiger partial charge in [0.15, 0.2) is 5.60 Å².